The molecule has 0 aliphatic carbocycles. The van der Waals surface area contributed by atoms with Gasteiger partial charge in [-0.3, -0.25) is 0 Å². The van der Waals surface area contributed by atoms with Crippen molar-refractivity contribution in [2.45, 2.75) is 39.4 Å². The summed E-state index contributed by atoms with van der Waals surface area (Å²) >= 11 is 10.2. The molecule has 0 heterocycles. The van der Waals surface area contributed by atoms with Gasteiger partial charge in [0, 0.05) is 5.02 Å². The average Bonchev–Trinajstić information content (AvgIpc) is 2.40. The largest absolute Gasteiger partial charge is 0.0840 e. The third-order valence-corrected chi connectivity index (χ3v) is 5.62. The predicted molar refractivity (Wildman–Crippen MR) is 92.3 cm³/mol. The van der Waals surface area contributed by atoms with Crippen LogP contribution in [-0.2, 0) is 0 Å². The second-order valence-corrected chi connectivity index (χ2v) is 6.81. The summed E-state index contributed by atoms with van der Waals surface area (Å²) in [6, 6.07) is 8.38. The molecule has 1 atom stereocenters. The van der Waals surface area contributed by atoms with Crippen molar-refractivity contribution in [3.8, 4) is 0 Å². The SMILES string of the molecule is Cc1cc(C)c(C)c(C(Br)c2cccc(Cl)c2C)c1C. The molecule has 0 fully saturated rings. The fourth-order valence-corrected chi connectivity index (χ4v) is 4.05. The molecule has 0 saturated heterocycles. The van der Waals surface area contributed by atoms with Crippen LogP contribution in [0, 0.1) is 34.6 Å². The van der Waals surface area contributed by atoms with Crippen molar-refractivity contribution in [3.05, 3.63) is 68.2 Å². The molecule has 0 radical (unpaired) electrons. The molecular formula is C18H20BrCl. The second kappa shape index (κ2) is 5.91. The first-order valence-electron chi connectivity index (χ1n) is 6.81. The first kappa shape index (κ1) is 15.6. The van der Waals surface area contributed by atoms with E-state index < -0.39 is 0 Å². The zero-order valence-corrected chi connectivity index (χ0v) is 15.0. The fourth-order valence-electron chi connectivity index (χ4n) is 2.68. The van der Waals surface area contributed by atoms with Crippen LogP contribution in [0.1, 0.15) is 43.8 Å². The summed E-state index contributed by atoms with van der Waals surface area (Å²) in [7, 11) is 0. The van der Waals surface area contributed by atoms with E-state index >= 15 is 0 Å². The summed E-state index contributed by atoms with van der Waals surface area (Å²) < 4.78 is 0. The van der Waals surface area contributed by atoms with E-state index in [2.05, 4.69) is 62.7 Å². The van der Waals surface area contributed by atoms with Crippen molar-refractivity contribution in [2.24, 2.45) is 0 Å². The minimum atomic E-state index is 0.180. The Bertz CT molecular complexity index is 633. The number of benzene rings is 2. The highest BCUT2D eigenvalue weighted by molar-refractivity contribution is 9.09. The van der Waals surface area contributed by atoms with Gasteiger partial charge >= 0.3 is 0 Å². The first-order chi connectivity index (χ1) is 9.34. The normalized spacial score (nSPS) is 12.6. The van der Waals surface area contributed by atoms with Crippen LogP contribution in [-0.4, -0.2) is 0 Å². The molecule has 0 aliphatic rings. The minimum Gasteiger partial charge on any atom is -0.0840 e. The van der Waals surface area contributed by atoms with E-state index in [1.807, 2.05) is 12.1 Å². The molecule has 0 bridgehead atoms. The molecule has 0 saturated carbocycles. The van der Waals surface area contributed by atoms with E-state index in [0.717, 1.165) is 10.6 Å². The summed E-state index contributed by atoms with van der Waals surface area (Å²) in [6.45, 7) is 10.8. The lowest BCUT2D eigenvalue weighted by Gasteiger charge is -2.22. The molecule has 2 aromatic rings. The maximum Gasteiger partial charge on any atom is 0.0652 e. The molecule has 2 rings (SSSR count). The summed E-state index contributed by atoms with van der Waals surface area (Å²) in [5.74, 6) is 0. The molecule has 1 unspecified atom stereocenters. The number of alkyl halides is 1. The highest BCUT2D eigenvalue weighted by Crippen LogP contribution is 2.39. The van der Waals surface area contributed by atoms with Gasteiger partial charge in [0.25, 0.3) is 0 Å². The molecule has 20 heavy (non-hydrogen) atoms. The highest BCUT2D eigenvalue weighted by atomic mass is 79.9. The van der Waals surface area contributed by atoms with Crippen molar-refractivity contribution >= 4 is 27.5 Å². The van der Waals surface area contributed by atoms with Crippen LogP contribution in [0.2, 0.25) is 5.02 Å². The van der Waals surface area contributed by atoms with Crippen LogP contribution in [0.15, 0.2) is 24.3 Å². The van der Waals surface area contributed by atoms with Crippen molar-refractivity contribution in [3.63, 3.8) is 0 Å². The zero-order chi connectivity index (χ0) is 15.0. The van der Waals surface area contributed by atoms with Gasteiger partial charge in [-0.1, -0.05) is 45.7 Å². The maximum absolute atomic E-state index is 6.27. The Labute approximate surface area is 135 Å². The highest BCUT2D eigenvalue weighted by Gasteiger charge is 2.20. The third-order valence-electron chi connectivity index (χ3n) is 4.26. The van der Waals surface area contributed by atoms with Crippen LogP contribution in [0.5, 0.6) is 0 Å². The van der Waals surface area contributed by atoms with Crippen LogP contribution < -0.4 is 0 Å². The monoisotopic (exact) mass is 350 g/mol. The van der Waals surface area contributed by atoms with Gasteiger partial charge in [0.1, 0.15) is 0 Å². The lowest BCUT2D eigenvalue weighted by Crippen LogP contribution is -2.04. The first-order valence-corrected chi connectivity index (χ1v) is 8.10. The maximum atomic E-state index is 6.27. The molecule has 0 nitrogen and oxygen atoms in total. The quantitative estimate of drug-likeness (QED) is 0.552. The number of rotatable bonds is 2. The fraction of sp³-hybridized carbons (Fsp3) is 0.333. The van der Waals surface area contributed by atoms with Crippen molar-refractivity contribution < 1.29 is 0 Å². The van der Waals surface area contributed by atoms with Crippen LogP contribution in [0.4, 0.5) is 0 Å². The van der Waals surface area contributed by atoms with E-state index in [9.17, 15) is 0 Å². The van der Waals surface area contributed by atoms with E-state index in [1.54, 1.807) is 0 Å². The van der Waals surface area contributed by atoms with Crippen LogP contribution >= 0.6 is 27.5 Å². The smallest absolute Gasteiger partial charge is 0.0652 e. The lowest BCUT2D eigenvalue weighted by atomic mass is 9.89. The van der Waals surface area contributed by atoms with Gasteiger partial charge in [-0.05, 0) is 79.6 Å². The van der Waals surface area contributed by atoms with E-state index in [1.165, 1.54) is 33.4 Å². The Morgan fingerprint density at radius 2 is 1.45 bits per heavy atom. The number of halogens is 2. The van der Waals surface area contributed by atoms with Gasteiger partial charge in [0.15, 0.2) is 0 Å². The zero-order valence-electron chi connectivity index (χ0n) is 12.6. The van der Waals surface area contributed by atoms with E-state index in [-0.39, 0.29) is 4.83 Å². The Hall–Kier alpha value is -0.790. The third kappa shape index (κ3) is 2.66. The molecule has 0 amide bonds. The summed E-state index contributed by atoms with van der Waals surface area (Å²) in [5.41, 5.74) is 9.15. The Morgan fingerprint density at radius 3 is 2.00 bits per heavy atom. The van der Waals surface area contributed by atoms with Gasteiger partial charge in [0.2, 0.25) is 0 Å². The van der Waals surface area contributed by atoms with Crippen molar-refractivity contribution in [1.82, 2.24) is 0 Å². The predicted octanol–water partition coefficient (Wildman–Crippen LogP) is 6.37. The van der Waals surface area contributed by atoms with Crippen LogP contribution in [0.25, 0.3) is 0 Å². The molecule has 0 aliphatic heterocycles. The summed E-state index contributed by atoms with van der Waals surface area (Å²) in [5, 5.41) is 0.826. The Kier molecular flexibility index (Phi) is 4.61. The van der Waals surface area contributed by atoms with Gasteiger partial charge in [0.05, 0.1) is 4.83 Å². The lowest BCUT2D eigenvalue weighted by molar-refractivity contribution is 1.06. The average molecular weight is 352 g/mol. The molecule has 0 N–H and O–H groups in total. The summed E-state index contributed by atoms with van der Waals surface area (Å²) in [4.78, 5) is 0.180. The van der Waals surface area contributed by atoms with Gasteiger partial charge in [-0.2, -0.15) is 0 Å². The Balaban J connectivity index is 2.65. The standard InChI is InChI=1S/C18H20BrCl/c1-10-9-11(2)13(4)17(12(10)3)18(19)15-7-6-8-16(20)14(15)5/h6-9,18H,1-5H3. The van der Waals surface area contributed by atoms with Gasteiger partial charge < -0.3 is 0 Å². The molecular weight excluding hydrogens is 332 g/mol. The van der Waals surface area contributed by atoms with Gasteiger partial charge in [-0.25, -0.2) is 0 Å². The molecule has 2 aromatic carbocycles. The van der Waals surface area contributed by atoms with Crippen molar-refractivity contribution in [1.29, 1.82) is 0 Å². The van der Waals surface area contributed by atoms with Crippen LogP contribution in [0.3, 0.4) is 0 Å². The van der Waals surface area contributed by atoms with Crippen molar-refractivity contribution in [2.75, 3.05) is 0 Å². The topological polar surface area (TPSA) is 0 Å². The van der Waals surface area contributed by atoms with Gasteiger partial charge in [-0.15, -0.1) is 0 Å². The van der Waals surface area contributed by atoms with E-state index in [4.69, 9.17) is 11.6 Å². The van der Waals surface area contributed by atoms with E-state index in [0.29, 0.717) is 0 Å². The number of hydrogen-bond acceptors (Lipinski definition) is 0. The molecule has 2 heteroatoms. The molecule has 106 valence electrons. The molecule has 0 aromatic heterocycles. The Morgan fingerprint density at radius 1 is 0.900 bits per heavy atom. The number of aryl methyl sites for hydroxylation is 2. The molecule has 0 spiro atoms. The minimum absolute atomic E-state index is 0.180. The number of hydrogen-bond donors (Lipinski definition) is 0. The summed E-state index contributed by atoms with van der Waals surface area (Å²) in [6.07, 6.45) is 0. The second-order valence-electron chi connectivity index (χ2n) is 5.49.